The van der Waals surface area contributed by atoms with Gasteiger partial charge in [0.15, 0.2) is 0 Å². The Hall–Kier alpha value is -0.570. The standard InChI is InChI=1S/C11H22N2O/c1-4-10(2,3)13-9(14)11(8-12)6-5-7-11/h4-8,12H2,1-3H3,(H,13,14). The second-order valence-electron chi connectivity index (χ2n) is 5.03. The molecule has 0 saturated heterocycles. The molecule has 0 heterocycles. The lowest BCUT2D eigenvalue weighted by molar-refractivity contribution is -0.137. The zero-order valence-corrected chi connectivity index (χ0v) is 9.52. The van der Waals surface area contributed by atoms with Crippen molar-refractivity contribution in [3.8, 4) is 0 Å². The van der Waals surface area contributed by atoms with Crippen LogP contribution in [0.2, 0.25) is 0 Å². The van der Waals surface area contributed by atoms with Crippen LogP contribution in [0.25, 0.3) is 0 Å². The molecule has 82 valence electrons. The minimum atomic E-state index is -0.244. The predicted molar refractivity (Wildman–Crippen MR) is 57.9 cm³/mol. The van der Waals surface area contributed by atoms with E-state index in [1.807, 2.05) is 13.8 Å². The molecule has 0 atom stereocenters. The number of hydrogen-bond acceptors (Lipinski definition) is 2. The number of nitrogens with one attached hydrogen (secondary N) is 1. The maximum atomic E-state index is 12.0. The van der Waals surface area contributed by atoms with Gasteiger partial charge < -0.3 is 11.1 Å². The predicted octanol–water partition coefficient (Wildman–Crippen LogP) is 1.42. The molecule has 0 bridgehead atoms. The minimum Gasteiger partial charge on any atom is -0.351 e. The van der Waals surface area contributed by atoms with Gasteiger partial charge in [0, 0.05) is 12.1 Å². The van der Waals surface area contributed by atoms with Crippen LogP contribution in [0.5, 0.6) is 0 Å². The average molecular weight is 198 g/mol. The van der Waals surface area contributed by atoms with Gasteiger partial charge in [0.2, 0.25) is 5.91 Å². The number of amides is 1. The van der Waals surface area contributed by atoms with Crippen molar-refractivity contribution in [2.24, 2.45) is 11.1 Å². The van der Waals surface area contributed by atoms with Crippen LogP contribution in [0.15, 0.2) is 0 Å². The normalized spacial score (nSPS) is 20.0. The van der Waals surface area contributed by atoms with Gasteiger partial charge in [0.25, 0.3) is 0 Å². The van der Waals surface area contributed by atoms with Crippen molar-refractivity contribution < 1.29 is 4.79 Å². The maximum Gasteiger partial charge on any atom is 0.227 e. The summed E-state index contributed by atoms with van der Waals surface area (Å²) in [6.07, 6.45) is 3.99. The second kappa shape index (κ2) is 3.89. The Balaban J connectivity index is 2.57. The molecule has 0 aromatic heterocycles. The average Bonchev–Trinajstić information content (AvgIpc) is 2.02. The summed E-state index contributed by atoms with van der Waals surface area (Å²) in [5, 5.41) is 3.08. The van der Waals surface area contributed by atoms with Crippen molar-refractivity contribution in [1.29, 1.82) is 0 Å². The van der Waals surface area contributed by atoms with E-state index in [0.717, 1.165) is 25.7 Å². The number of nitrogens with two attached hydrogens (primary N) is 1. The molecule has 3 nitrogen and oxygen atoms in total. The molecule has 3 heteroatoms. The first kappa shape index (κ1) is 11.5. The van der Waals surface area contributed by atoms with Crippen LogP contribution in [0.3, 0.4) is 0 Å². The Kier molecular flexibility index (Phi) is 3.20. The fourth-order valence-electron chi connectivity index (χ4n) is 1.66. The summed E-state index contributed by atoms with van der Waals surface area (Å²) in [4.78, 5) is 12.0. The maximum absolute atomic E-state index is 12.0. The molecule has 1 saturated carbocycles. The first-order valence-corrected chi connectivity index (χ1v) is 5.48. The Morgan fingerprint density at radius 3 is 2.36 bits per heavy atom. The molecule has 3 N–H and O–H groups in total. The smallest absolute Gasteiger partial charge is 0.227 e. The van der Waals surface area contributed by atoms with Crippen molar-refractivity contribution in [1.82, 2.24) is 5.32 Å². The summed E-state index contributed by atoms with van der Waals surface area (Å²) in [5.74, 6) is 0.151. The molecule has 0 aromatic rings. The van der Waals surface area contributed by atoms with Crippen LogP contribution in [-0.4, -0.2) is 18.0 Å². The fourth-order valence-corrected chi connectivity index (χ4v) is 1.66. The zero-order valence-electron chi connectivity index (χ0n) is 9.52. The van der Waals surface area contributed by atoms with E-state index in [-0.39, 0.29) is 16.9 Å². The third-order valence-electron chi connectivity index (χ3n) is 3.52. The molecule has 1 amide bonds. The first-order valence-electron chi connectivity index (χ1n) is 5.48. The summed E-state index contributed by atoms with van der Waals surface area (Å²) in [6, 6.07) is 0. The SMILES string of the molecule is CCC(C)(C)NC(=O)C1(CN)CCC1. The summed E-state index contributed by atoms with van der Waals surface area (Å²) in [6.45, 7) is 6.66. The quantitative estimate of drug-likeness (QED) is 0.718. The second-order valence-corrected chi connectivity index (χ2v) is 5.03. The highest BCUT2D eigenvalue weighted by Crippen LogP contribution is 2.40. The highest BCUT2D eigenvalue weighted by atomic mass is 16.2. The van der Waals surface area contributed by atoms with Gasteiger partial charge in [-0.15, -0.1) is 0 Å². The van der Waals surface area contributed by atoms with E-state index in [4.69, 9.17) is 5.73 Å². The van der Waals surface area contributed by atoms with Crippen LogP contribution >= 0.6 is 0 Å². The molecule has 0 aromatic carbocycles. The molecule has 14 heavy (non-hydrogen) atoms. The monoisotopic (exact) mass is 198 g/mol. The topological polar surface area (TPSA) is 55.1 Å². The summed E-state index contributed by atoms with van der Waals surface area (Å²) >= 11 is 0. The highest BCUT2D eigenvalue weighted by molar-refractivity contribution is 5.84. The van der Waals surface area contributed by atoms with Gasteiger partial charge in [-0.2, -0.15) is 0 Å². The van der Waals surface area contributed by atoms with Gasteiger partial charge in [0.05, 0.1) is 5.41 Å². The van der Waals surface area contributed by atoms with Gasteiger partial charge in [0.1, 0.15) is 0 Å². The third-order valence-corrected chi connectivity index (χ3v) is 3.52. The fraction of sp³-hybridized carbons (Fsp3) is 0.909. The summed E-state index contributed by atoms with van der Waals surface area (Å²) in [5.41, 5.74) is 5.32. The Morgan fingerprint density at radius 2 is 2.07 bits per heavy atom. The lowest BCUT2D eigenvalue weighted by atomic mass is 9.68. The molecule has 1 fully saturated rings. The van der Waals surface area contributed by atoms with Crippen LogP contribution in [-0.2, 0) is 4.79 Å². The van der Waals surface area contributed by atoms with Crippen LogP contribution in [0.1, 0.15) is 46.5 Å². The molecular weight excluding hydrogens is 176 g/mol. The molecule has 0 unspecified atom stereocenters. The van der Waals surface area contributed by atoms with Gasteiger partial charge in [-0.1, -0.05) is 13.3 Å². The molecule has 0 radical (unpaired) electrons. The van der Waals surface area contributed by atoms with Crippen LogP contribution < -0.4 is 11.1 Å². The minimum absolute atomic E-state index is 0.102. The largest absolute Gasteiger partial charge is 0.351 e. The number of carbonyl (C=O) groups is 1. The van der Waals surface area contributed by atoms with E-state index in [9.17, 15) is 4.79 Å². The van der Waals surface area contributed by atoms with Crippen molar-refractivity contribution >= 4 is 5.91 Å². The van der Waals surface area contributed by atoms with E-state index < -0.39 is 0 Å². The lowest BCUT2D eigenvalue weighted by Gasteiger charge is -2.41. The van der Waals surface area contributed by atoms with Crippen molar-refractivity contribution in [3.05, 3.63) is 0 Å². The van der Waals surface area contributed by atoms with Gasteiger partial charge in [-0.25, -0.2) is 0 Å². The number of hydrogen-bond donors (Lipinski definition) is 2. The number of rotatable bonds is 4. The van der Waals surface area contributed by atoms with Crippen LogP contribution in [0.4, 0.5) is 0 Å². The van der Waals surface area contributed by atoms with Crippen molar-refractivity contribution in [2.75, 3.05) is 6.54 Å². The summed E-state index contributed by atoms with van der Waals surface area (Å²) in [7, 11) is 0. The van der Waals surface area contributed by atoms with Crippen LogP contribution in [0, 0.1) is 5.41 Å². The van der Waals surface area contributed by atoms with Gasteiger partial charge in [-0.05, 0) is 33.1 Å². The molecular formula is C11H22N2O. The van der Waals surface area contributed by atoms with Gasteiger partial charge in [-0.3, -0.25) is 4.79 Å². The first-order chi connectivity index (χ1) is 6.46. The molecule has 1 aliphatic carbocycles. The van der Waals surface area contributed by atoms with E-state index in [1.54, 1.807) is 0 Å². The van der Waals surface area contributed by atoms with Gasteiger partial charge >= 0.3 is 0 Å². The van der Waals surface area contributed by atoms with E-state index in [0.29, 0.717) is 6.54 Å². The van der Waals surface area contributed by atoms with E-state index >= 15 is 0 Å². The number of carbonyl (C=O) groups excluding carboxylic acids is 1. The lowest BCUT2D eigenvalue weighted by Crippen LogP contribution is -2.55. The van der Waals surface area contributed by atoms with Crippen molar-refractivity contribution in [2.45, 2.75) is 52.0 Å². The Morgan fingerprint density at radius 1 is 1.50 bits per heavy atom. The molecule has 0 spiro atoms. The Labute approximate surface area is 86.4 Å². The molecule has 1 aliphatic rings. The van der Waals surface area contributed by atoms with Crippen molar-refractivity contribution in [3.63, 3.8) is 0 Å². The van der Waals surface area contributed by atoms with E-state index in [1.165, 1.54) is 0 Å². The zero-order chi connectivity index (χ0) is 10.8. The molecule has 0 aliphatic heterocycles. The van der Waals surface area contributed by atoms with E-state index in [2.05, 4.69) is 12.2 Å². The highest BCUT2D eigenvalue weighted by Gasteiger charge is 2.43. The summed E-state index contributed by atoms with van der Waals surface area (Å²) < 4.78 is 0. The molecule has 1 rings (SSSR count). The third kappa shape index (κ3) is 2.08. The Bertz CT molecular complexity index is 214.